The van der Waals surface area contributed by atoms with Crippen LogP contribution in [-0.2, 0) is 15.3 Å². The number of carbonyl (C=O) groups is 1. The largest absolute Gasteiger partial charge is 0.497 e. The van der Waals surface area contributed by atoms with Crippen molar-refractivity contribution in [2.75, 3.05) is 20.8 Å². The van der Waals surface area contributed by atoms with Crippen LogP contribution in [-0.4, -0.2) is 32.0 Å². The summed E-state index contributed by atoms with van der Waals surface area (Å²) >= 11 is 1.59. The molecular weight excluding hydrogens is 400 g/mol. The maximum atomic E-state index is 12.7. The first-order chi connectivity index (χ1) is 14.6. The molecule has 0 aromatic heterocycles. The Balaban J connectivity index is 1.97. The summed E-state index contributed by atoms with van der Waals surface area (Å²) in [6.07, 6.45) is 0. The highest BCUT2D eigenvalue weighted by atomic mass is 32.2. The number of ether oxygens (including phenoxy) is 3. The van der Waals surface area contributed by atoms with Crippen molar-refractivity contribution in [3.05, 3.63) is 70.9 Å². The second-order valence-corrected chi connectivity index (χ2v) is 7.57. The van der Waals surface area contributed by atoms with Crippen LogP contribution < -0.4 is 14.8 Å². The zero-order chi connectivity index (χ0) is 21.5. The molecule has 3 rings (SSSR count). The lowest BCUT2D eigenvalue weighted by atomic mass is 9.95. The van der Waals surface area contributed by atoms with Crippen LogP contribution in [0.5, 0.6) is 11.5 Å². The van der Waals surface area contributed by atoms with Gasteiger partial charge in [0.25, 0.3) is 0 Å². The van der Waals surface area contributed by atoms with Crippen molar-refractivity contribution >= 4 is 22.9 Å². The average Bonchev–Trinajstić information content (AvgIpc) is 2.77. The molecule has 0 aliphatic carbocycles. The number of aliphatic imine (C=N–C) groups is 1. The van der Waals surface area contributed by atoms with Crippen LogP contribution >= 0.6 is 11.8 Å². The van der Waals surface area contributed by atoms with Gasteiger partial charge in [0.1, 0.15) is 17.5 Å². The summed E-state index contributed by atoms with van der Waals surface area (Å²) in [5.41, 5.74) is 3.18. The van der Waals surface area contributed by atoms with Crippen LogP contribution in [0.2, 0.25) is 0 Å². The Hall–Kier alpha value is -2.93. The Morgan fingerprint density at radius 1 is 1.13 bits per heavy atom. The molecule has 0 amide bonds. The highest BCUT2D eigenvalue weighted by molar-refractivity contribution is 8.13. The van der Waals surface area contributed by atoms with E-state index in [1.165, 1.54) is 5.56 Å². The van der Waals surface area contributed by atoms with Gasteiger partial charge in [-0.1, -0.05) is 42.1 Å². The number of benzene rings is 2. The van der Waals surface area contributed by atoms with Gasteiger partial charge in [-0.3, -0.25) is 0 Å². The molecule has 1 N–H and O–H groups in total. The van der Waals surface area contributed by atoms with Gasteiger partial charge in [0.05, 0.1) is 26.4 Å². The number of thioether (sulfide) groups is 1. The quantitative estimate of drug-likeness (QED) is 0.659. The summed E-state index contributed by atoms with van der Waals surface area (Å²) in [7, 11) is 3.19. The minimum Gasteiger partial charge on any atom is -0.497 e. The van der Waals surface area contributed by atoms with Gasteiger partial charge in [0.2, 0.25) is 0 Å². The van der Waals surface area contributed by atoms with Crippen LogP contribution in [0.25, 0.3) is 0 Å². The number of allylic oxidation sites excluding steroid dienone is 1. The van der Waals surface area contributed by atoms with Gasteiger partial charge in [-0.2, -0.15) is 0 Å². The predicted molar refractivity (Wildman–Crippen MR) is 120 cm³/mol. The Morgan fingerprint density at radius 2 is 1.90 bits per heavy atom. The summed E-state index contributed by atoms with van der Waals surface area (Å²) in [5.74, 6) is 1.65. The van der Waals surface area contributed by atoms with E-state index in [0.717, 1.165) is 22.2 Å². The van der Waals surface area contributed by atoms with Gasteiger partial charge < -0.3 is 19.5 Å². The molecule has 6 nitrogen and oxygen atoms in total. The molecule has 1 atom stereocenters. The third kappa shape index (κ3) is 4.97. The second kappa shape index (κ2) is 10.2. The molecule has 1 heterocycles. The van der Waals surface area contributed by atoms with Crippen molar-refractivity contribution in [3.63, 3.8) is 0 Å². The summed E-state index contributed by atoms with van der Waals surface area (Å²) in [6, 6.07) is 15.1. The van der Waals surface area contributed by atoms with E-state index in [9.17, 15) is 4.79 Å². The number of nitrogens with one attached hydrogen (secondary N) is 1. The molecule has 2 aromatic rings. The van der Waals surface area contributed by atoms with Crippen molar-refractivity contribution in [1.29, 1.82) is 0 Å². The smallest absolute Gasteiger partial charge is 0.338 e. The molecule has 0 spiro atoms. The molecule has 158 valence electrons. The van der Waals surface area contributed by atoms with Gasteiger partial charge >= 0.3 is 5.97 Å². The number of carbonyl (C=O) groups excluding carboxylic acids is 1. The molecule has 1 aliphatic heterocycles. The third-order valence-corrected chi connectivity index (χ3v) is 5.63. The highest BCUT2D eigenvalue weighted by Crippen LogP contribution is 2.39. The first-order valence-corrected chi connectivity index (χ1v) is 10.7. The number of rotatable bonds is 7. The molecule has 0 fully saturated rings. The summed E-state index contributed by atoms with van der Waals surface area (Å²) in [6.45, 7) is 3.95. The van der Waals surface area contributed by atoms with E-state index in [0.29, 0.717) is 23.7 Å². The number of methoxy groups -OCH3 is 2. The van der Waals surface area contributed by atoms with Crippen LogP contribution in [0.15, 0.2) is 64.8 Å². The molecule has 30 heavy (non-hydrogen) atoms. The van der Waals surface area contributed by atoms with Gasteiger partial charge in [0.15, 0.2) is 5.17 Å². The fourth-order valence-electron chi connectivity index (χ4n) is 3.19. The van der Waals surface area contributed by atoms with E-state index >= 15 is 0 Å². The Kier molecular flexibility index (Phi) is 7.41. The van der Waals surface area contributed by atoms with Crippen molar-refractivity contribution in [2.45, 2.75) is 25.6 Å². The maximum Gasteiger partial charge on any atom is 0.338 e. The summed E-state index contributed by atoms with van der Waals surface area (Å²) < 4.78 is 16.2. The maximum absolute atomic E-state index is 12.7. The Morgan fingerprint density at radius 3 is 2.57 bits per heavy atom. The average molecular weight is 427 g/mol. The molecule has 0 saturated heterocycles. The van der Waals surface area contributed by atoms with Crippen molar-refractivity contribution in [3.8, 4) is 11.5 Å². The minimum absolute atomic E-state index is 0.293. The lowest BCUT2D eigenvalue weighted by Gasteiger charge is -2.27. The van der Waals surface area contributed by atoms with Crippen LogP contribution in [0.4, 0.5) is 0 Å². The van der Waals surface area contributed by atoms with Gasteiger partial charge in [-0.05, 0) is 31.5 Å². The predicted octanol–water partition coefficient (Wildman–Crippen LogP) is 4.47. The summed E-state index contributed by atoms with van der Waals surface area (Å²) in [5, 5.41) is 4.00. The van der Waals surface area contributed by atoms with E-state index in [1.54, 1.807) is 39.0 Å². The van der Waals surface area contributed by atoms with Crippen LogP contribution in [0, 0.1) is 0 Å². The zero-order valence-electron chi connectivity index (χ0n) is 17.6. The Labute approximate surface area is 181 Å². The third-order valence-electron chi connectivity index (χ3n) is 4.67. The standard InChI is InChI=1S/C23H26N2O4S/c1-5-29-22(26)20-15(2)24-23(30-14-16-9-7-6-8-10-16)25-21(20)18-12-11-17(27-3)13-19(18)28-4/h6-13,21H,5,14H2,1-4H3,(H,24,25)/t21-/m0/s1. The first kappa shape index (κ1) is 21.8. The monoisotopic (exact) mass is 426 g/mol. The molecule has 0 saturated carbocycles. The number of amidine groups is 1. The SMILES string of the molecule is CCOC(=O)C1=C(C)NC(SCc2ccccc2)=N[C@H]1c1ccc(OC)cc1OC. The lowest BCUT2D eigenvalue weighted by molar-refractivity contribution is -0.138. The van der Waals surface area contributed by atoms with E-state index in [-0.39, 0.29) is 5.97 Å². The molecule has 0 radical (unpaired) electrons. The minimum atomic E-state index is -0.538. The van der Waals surface area contributed by atoms with E-state index in [4.69, 9.17) is 19.2 Å². The number of hydrogen-bond acceptors (Lipinski definition) is 7. The van der Waals surface area contributed by atoms with Crippen LogP contribution in [0.3, 0.4) is 0 Å². The lowest BCUT2D eigenvalue weighted by Crippen LogP contribution is -2.30. The fourth-order valence-corrected chi connectivity index (χ4v) is 4.09. The molecular formula is C23H26N2O4S. The fraction of sp³-hybridized carbons (Fsp3) is 0.304. The molecule has 0 bridgehead atoms. The number of nitrogens with zero attached hydrogens (tertiary/aromatic N) is 1. The first-order valence-electron chi connectivity index (χ1n) is 9.68. The number of hydrogen-bond donors (Lipinski definition) is 1. The van der Waals surface area contributed by atoms with Crippen molar-refractivity contribution < 1.29 is 19.0 Å². The van der Waals surface area contributed by atoms with E-state index in [1.807, 2.05) is 37.3 Å². The number of esters is 1. The molecule has 0 unspecified atom stereocenters. The normalized spacial score (nSPS) is 15.9. The topological polar surface area (TPSA) is 69.2 Å². The van der Waals surface area contributed by atoms with Gasteiger partial charge in [-0.25, -0.2) is 9.79 Å². The highest BCUT2D eigenvalue weighted by Gasteiger charge is 2.32. The van der Waals surface area contributed by atoms with Crippen molar-refractivity contribution in [1.82, 2.24) is 5.32 Å². The second-order valence-electron chi connectivity index (χ2n) is 6.60. The van der Waals surface area contributed by atoms with Gasteiger partial charge in [-0.15, -0.1) is 0 Å². The van der Waals surface area contributed by atoms with Crippen molar-refractivity contribution in [2.24, 2.45) is 4.99 Å². The summed E-state index contributed by atoms with van der Waals surface area (Å²) in [4.78, 5) is 17.6. The molecule has 7 heteroatoms. The molecule has 1 aliphatic rings. The van der Waals surface area contributed by atoms with Gasteiger partial charge in [0, 0.05) is 23.1 Å². The zero-order valence-corrected chi connectivity index (χ0v) is 18.4. The van der Waals surface area contributed by atoms with Crippen LogP contribution in [0.1, 0.15) is 31.0 Å². The van der Waals surface area contributed by atoms with E-state index < -0.39 is 6.04 Å². The molecule has 2 aromatic carbocycles. The Bertz CT molecular complexity index is 957. The van der Waals surface area contributed by atoms with E-state index in [2.05, 4.69) is 17.4 Å².